The van der Waals surface area contributed by atoms with Gasteiger partial charge in [-0.15, -0.1) is 0 Å². The molecule has 5 rings (SSSR count). The van der Waals surface area contributed by atoms with Crippen LogP contribution in [0, 0.1) is 11.8 Å². The van der Waals surface area contributed by atoms with Crippen molar-refractivity contribution >= 4 is 0 Å². The molecule has 5 aliphatic rings. The molecule has 184 valence electrons. The quantitative estimate of drug-likeness (QED) is 0.434. The molecule has 0 amide bonds. The Morgan fingerprint density at radius 1 is 0.375 bits per heavy atom. The molecule has 4 heteroatoms. The Bertz CT molecular complexity index is 510. The molecule has 4 nitrogen and oxygen atoms in total. The zero-order valence-corrected chi connectivity index (χ0v) is 20.7. The summed E-state index contributed by atoms with van der Waals surface area (Å²) >= 11 is 0. The second-order valence-electron chi connectivity index (χ2n) is 11.7. The summed E-state index contributed by atoms with van der Waals surface area (Å²) in [4.78, 5) is 5.36. The largest absolute Gasteiger partial charge is 0.360 e. The monoisotopic (exact) mass is 446 g/mol. The molecule has 0 aromatic carbocycles. The van der Waals surface area contributed by atoms with Crippen molar-refractivity contribution in [2.45, 2.75) is 140 Å². The highest BCUT2D eigenvalue weighted by Crippen LogP contribution is 2.36. The minimum absolute atomic E-state index is 0.440. The molecule has 5 aliphatic heterocycles. The smallest absolute Gasteiger partial charge is 0.113 e. The molecule has 5 fully saturated rings. The zero-order valence-electron chi connectivity index (χ0n) is 20.7. The van der Waals surface area contributed by atoms with E-state index >= 15 is 0 Å². The van der Waals surface area contributed by atoms with Crippen LogP contribution >= 0.6 is 0 Å². The second kappa shape index (κ2) is 12.0. The van der Waals surface area contributed by atoms with Gasteiger partial charge in [-0.3, -0.25) is 9.80 Å². The van der Waals surface area contributed by atoms with E-state index in [0.717, 1.165) is 11.8 Å². The van der Waals surface area contributed by atoms with E-state index in [2.05, 4.69) is 9.80 Å². The maximum absolute atomic E-state index is 6.74. The first-order valence-electron chi connectivity index (χ1n) is 14.7. The molecular weight excluding hydrogens is 396 g/mol. The van der Waals surface area contributed by atoms with E-state index in [-0.39, 0.29) is 0 Å². The van der Waals surface area contributed by atoms with Gasteiger partial charge >= 0.3 is 0 Å². The molecule has 0 aromatic rings. The number of hydrogen-bond acceptors (Lipinski definition) is 4. The highest BCUT2D eigenvalue weighted by Gasteiger charge is 2.38. The molecule has 5 heterocycles. The van der Waals surface area contributed by atoms with E-state index in [1.54, 1.807) is 0 Å². The van der Waals surface area contributed by atoms with Crippen LogP contribution in [0.3, 0.4) is 0 Å². The van der Waals surface area contributed by atoms with E-state index in [9.17, 15) is 0 Å². The van der Waals surface area contributed by atoms with Crippen LogP contribution in [0.25, 0.3) is 0 Å². The van der Waals surface area contributed by atoms with Crippen LogP contribution in [0.15, 0.2) is 0 Å². The lowest BCUT2D eigenvalue weighted by molar-refractivity contribution is -0.183. The highest BCUT2D eigenvalue weighted by atomic mass is 16.5. The van der Waals surface area contributed by atoms with E-state index in [0.29, 0.717) is 24.7 Å². The summed E-state index contributed by atoms with van der Waals surface area (Å²) in [6, 6.07) is 0. The molecule has 0 saturated carbocycles. The van der Waals surface area contributed by atoms with Gasteiger partial charge in [0.05, 0.1) is 12.2 Å². The molecule has 6 atom stereocenters. The lowest BCUT2D eigenvalue weighted by atomic mass is 9.87. The maximum Gasteiger partial charge on any atom is 0.113 e. The molecule has 0 spiro atoms. The second-order valence-corrected chi connectivity index (χ2v) is 11.7. The first kappa shape index (κ1) is 23.6. The Kier molecular flexibility index (Phi) is 8.84. The summed E-state index contributed by atoms with van der Waals surface area (Å²) in [5.74, 6) is 1.57. The number of nitrogens with zero attached hydrogens (tertiary/aromatic N) is 2. The van der Waals surface area contributed by atoms with Crippen LogP contribution in [-0.2, 0) is 9.47 Å². The first-order chi connectivity index (χ1) is 15.9. The third-order valence-corrected chi connectivity index (χ3v) is 9.41. The lowest BCUT2D eigenvalue weighted by Gasteiger charge is -2.47. The Balaban J connectivity index is 1.16. The third-order valence-electron chi connectivity index (χ3n) is 9.41. The van der Waals surface area contributed by atoms with Gasteiger partial charge < -0.3 is 9.47 Å². The Morgan fingerprint density at radius 3 is 1.25 bits per heavy atom. The maximum atomic E-state index is 6.74. The van der Waals surface area contributed by atoms with Crippen molar-refractivity contribution < 1.29 is 9.47 Å². The number of rotatable bonds is 0. The Morgan fingerprint density at radius 2 is 0.781 bits per heavy atom. The zero-order chi connectivity index (χ0) is 21.6. The molecule has 0 aliphatic carbocycles. The van der Waals surface area contributed by atoms with Crippen LogP contribution in [0.5, 0.6) is 0 Å². The van der Waals surface area contributed by atoms with Gasteiger partial charge in [0.15, 0.2) is 0 Å². The van der Waals surface area contributed by atoms with Crippen LogP contribution in [-0.4, -0.2) is 60.6 Å². The molecular formula is C28H50N2O2. The van der Waals surface area contributed by atoms with Crippen molar-refractivity contribution in [2.75, 3.05) is 26.2 Å². The third kappa shape index (κ3) is 6.09. The fourth-order valence-electron chi connectivity index (χ4n) is 7.53. The standard InChI is InChI=1S/C28H50N2O2/c1-3-7-15-25-17-21-30-20-10-14-24(28(30)31-25)12-6-2-4-8-16-26-18-22-29-19-9-13-23(11-5-1)27(29)32-26/h23-28H,1-22H2/t23-,24-,25-,26?,27+,28+/m1/s1. The normalized spacial score (nSPS) is 41.6. The van der Waals surface area contributed by atoms with Crippen molar-refractivity contribution in [1.82, 2.24) is 9.80 Å². The van der Waals surface area contributed by atoms with Crippen molar-refractivity contribution in [1.29, 1.82) is 0 Å². The lowest BCUT2D eigenvalue weighted by Crippen LogP contribution is -2.53. The Hall–Kier alpha value is -0.160. The predicted molar refractivity (Wildman–Crippen MR) is 131 cm³/mol. The molecule has 0 N–H and O–H groups in total. The van der Waals surface area contributed by atoms with Gasteiger partial charge in [-0.05, 0) is 76.0 Å². The molecule has 0 aromatic heterocycles. The van der Waals surface area contributed by atoms with Crippen LogP contribution in [0.1, 0.15) is 116 Å². The number of piperidine rings is 2. The number of ether oxygens (including phenoxy) is 2. The van der Waals surface area contributed by atoms with Gasteiger partial charge in [-0.2, -0.15) is 0 Å². The summed E-state index contributed by atoms with van der Waals surface area (Å²) in [6.07, 6.45) is 26.5. The fourth-order valence-corrected chi connectivity index (χ4v) is 7.53. The first-order valence-corrected chi connectivity index (χ1v) is 14.7. The number of fused-ring (bicyclic) bond motifs is 2. The van der Waals surface area contributed by atoms with Crippen molar-refractivity contribution in [3.63, 3.8) is 0 Å². The molecule has 32 heavy (non-hydrogen) atoms. The molecule has 5 saturated heterocycles. The SMILES string of the molecule is C1CCC[C@@H]2CCCN3CC[C@@H](CCCCCC[C@@H]4CCCN5CCC(CC1)O[C@@H]45)O[C@@H]23. The highest BCUT2D eigenvalue weighted by molar-refractivity contribution is 4.85. The van der Waals surface area contributed by atoms with Gasteiger partial charge in [-0.1, -0.05) is 51.4 Å². The predicted octanol–water partition coefficient (Wildman–Crippen LogP) is 6.34. The average Bonchev–Trinajstić information content (AvgIpc) is 2.83. The summed E-state index contributed by atoms with van der Waals surface area (Å²) in [5.41, 5.74) is 0. The average molecular weight is 447 g/mol. The van der Waals surface area contributed by atoms with Gasteiger partial charge in [0, 0.05) is 26.2 Å². The van der Waals surface area contributed by atoms with E-state index in [1.165, 1.54) is 142 Å². The van der Waals surface area contributed by atoms with E-state index in [4.69, 9.17) is 9.47 Å². The topological polar surface area (TPSA) is 24.9 Å². The van der Waals surface area contributed by atoms with Crippen LogP contribution in [0.4, 0.5) is 0 Å². The number of hydrogen-bond donors (Lipinski definition) is 0. The van der Waals surface area contributed by atoms with E-state index < -0.39 is 0 Å². The van der Waals surface area contributed by atoms with Crippen molar-refractivity contribution in [3.8, 4) is 0 Å². The molecule has 1 unspecified atom stereocenters. The van der Waals surface area contributed by atoms with Gasteiger partial charge in [-0.25, -0.2) is 0 Å². The summed E-state index contributed by atoms with van der Waals surface area (Å²) in [6.45, 7) is 5.11. The van der Waals surface area contributed by atoms with E-state index in [1.807, 2.05) is 0 Å². The van der Waals surface area contributed by atoms with Crippen molar-refractivity contribution in [2.24, 2.45) is 11.8 Å². The molecule has 0 radical (unpaired) electrons. The van der Waals surface area contributed by atoms with Crippen LogP contribution in [0.2, 0.25) is 0 Å². The Labute approximate surface area is 197 Å². The molecule has 4 bridgehead atoms. The summed E-state index contributed by atoms with van der Waals surface area (Å²) in [7, 11) is 0. The summed E-state index contributed by atoms with van der Waals surface area (Å²) < 4.78 is 13.5. The minimum atomic E-state index is 0.440. The fraction of sp³-hybridized carbons (Fsp3) is 1.00. The van der Waals surface area contributed by atoms with Crippen molar-refractivity contribution in [3.05, 3.63) is 0 Å². The van der Waals surface area contributed by atoms with Gasteiger partial charge in [0.2, 0.25) is 0 Å². The van der Waals surface area contributed by atoms with Gasteiger partial charge in [0.25, 0.3) is 0 Å². The minimum Gasteiger partial charge on any atom is -0.360 e. The van der Waals surface area contributed by atoms with Crippen LogP contribution < -0.4 is 0 Å². The summed E-state index contributed by atoms with van der Waals surface area (Å²) in [5, 5.41) is 0. The van der Waals surface area contributed by atoms with Gasteiger partial charge in [0.1, 0.15) is 12.5 Å².